The number of rotatable bonds is 3. The van der Waals surface area contributed by atoms with Crippen molar-refractivity contribution in [1.82, 2.24) is 0 Å². The van der Waals surface area contributed by atoms with Crippen LogP contribution < -0.4 is 5.73 Å². The standard InChI is InChI=1S/C14H27NO3/c1-3-12(2)9-14(16,6-8-18-12)13(10-15)5-4-7-17-11-13/h16H,3-11,15H2,1-2H3. The normalized spacial score (nSPS) is 46.0. The quantitative estimate of drug-likeness (QED) is 0.803. The molecule has 0 aliphatic carbocycles. The first kappa shape index (κ1) is 14.3. The average Bonchev–Trinajstić information content (AvgIpc) is 2.39. The molecule has 0 bridgehead atoms. The van der Waals surface area contributed by atoms with Crippen molar-refractivity contribution in [2.45, 2.75) is 57.2 Å². The van der Waals surface area contributed by atoms with Crippen molar-refractivity contribution < 1.29 is 14.6 Å². The number of aliphatic hydroxyl groups is 1. The van der Waals surface area contributed by atoms with E-state index in [2.05, 4.69) is 13.8 Å². The van der Waals surface area contributed by atoms with Crippen LogP contribution in [0.2, 0.25) is 0 Å². The van der Waals surface area contributed by atoms with Crippen molar-refractivity contribution in [2.75, 3.05) is 26.4 Å². The minimum absolute atomic E-state index is 0.230. The Morgan fingerprint density at radius 1 is 1.28 bits per heavy atom. The zero-order valence-electron chi connectivity index (χ0n) is 11.7. The molecule has 106 valence electrons. The van der Waals surface area contributed by atoms with E-state index in [1.54, 1.807) is 0 Å². The van der Waals surface area contributed by atoms with Crippen LogP contribution in [-0.4, -0.2) is 42.7 Å². The second-order valence-electron chi connectivity index (χ2n) is 6.25. The molecule has 0 aromatic rings. The summed E-state index contributed by atoms with van der Waals surface area (Å²) in [6.45, 7) is 6.67. The Morgan fingerprint density at radius 3 is 2.61 bits per heavy atom. The largest absolute Gasteiger partial charge is 0.389 e. The summed E-state index contributed by atoms with van der Waals surface area (Å²) >= 11 is 0. The number of ether oxygens (including phenoxy) is 2. The third-order valence-corrected chi connectivity index (χ3v) is 5.08. The highest BCUT2D eigenvalue weighted by Gasteiger charge is 2.54. The van der Waals surface area contributed by atoms with Gasteiger partial charge in [-0.25, -0.2) is 0 Å². The summed E-state index contributed by atoms with van der Waals surface area (Å²) in [6.07, 6.45) is 4.19. The molecule has 0 spiro atoms. The van der Waals surface area contributed by atoms with Gasteiger partial charge in [-0.15, -0.1) is 0 Å². The van der Waals surface area contributed by atoms with Gasteiger partial charge in [-0.2, -0.15) is 0 Å². The highest BCUT2D eigenvalue weighted by Crippen LogP contribution is 2.48. The Kier molecular flexibility index (Phi) is 4.02. The minimum Gasteiger partial charge on any atom is -0.389 e. The fraction of sp³-hybridized carbons (Fsp3) is 1.00. The van der Waals surface area contributed by atoms with E-state index in [1.165, 1.54) is 0 Å². The molecular formula is C14H27NO3. The molecule has 0 aromatic heterocycles. The predicted octanol–water partition coefficient (Wildman–Crippen LogP) is 1.45. The molecule has 0 radical (unpaired) electrons. The summed E-state index contributed by atoms with van der Waals surface area (Å²) < 4.78 is 11.5. The van der Waals surface area contributed by atoms with Crippen LogP contribution in [0, 0.1) is 5.41 Å². The molecule has 2 aliphatic rings. The maximum Gasteiger partial charge on any atom is 0.0787 e. The molecule has 0 saturated carbocycles. The van der Waals surface area contributed by atoms with E-state index in [-0.39, 0.29) is 11.0 Å². The molecule has 4 nitrogen and oxygen atoms in total. The summed E-state index contributed by atoms with van der Waals surface area (Å²) in [4.78, 5) is 0. The number of nitrogens with two attached hydrogens (primary N) is 1. The van der Waals surface area contributed by atoms with E-state index in [4.69, 9.17) is 15.2 Å². The summed E-state index contributed by atoms with van der Waals surface area (Å²) in [6, 6.07) is 0. The van der Waals surface area contributed by atoms with Gasteiger partial charge in [0.25, 0.3) is 0 Å². The number of hydrogen-bond donors (Lipinski definition) is 2. The first-order valence-corrected chi connectivity index (χ1v) is 7.13. The van der Waals surface area contributed by atoms with Crippen molar-refractivity contribution >= 4 is 0 Å². The third-order valence-electron chi connectivity index (χ3n) is 5.08. The van der Waals surface area contributed by atoms with Crippen LogP contribution in [0.25, 0.3) is 0 Å². The van der Waals surface area contributed by atoms with Crippen LogP contribution in [0.15, 0.2) is 0 Å². The van der Waals surface area contributed by atoms with E-state index < -0.39 is 5.60 Å². The Morgan fingerprint density at radius 2 is 2.06 bits per heavy atom. The van der Waals surface area contributed by atoms with E-state index in [0.717, 1.165) is 25.9 Å². The maximum atomic E-state index is 11.2. The molecule has 2 aliphatic heterocycles. The van der Waals surface area contributed by atoms with Gasteiger partial charge in [-0.1, -0.05) is 6.92 Å². The van der Waals surface area contributed by atoms with Crippen LogP contribution in [0.3, 0.4) is 0 Å². The molecule has 18 heavy (non-hydrogen) atoms. The fourth-order valence-electron chi connectivity index (χ4n) is 3.47. The average molecular weight is 257 g/mol. The van der Waals surface area contributed by atoms with Gasteiger partial charge in [0.2, 0.25) is 0 Å². The summed E-state index contributed by atoms with van der Waals surface area (Å²) in [5, 5.41) is 11.2. The van der Waals surface area contributed by atoms with Crippen molar-refractivity contribution in [3.8, 4) is 0 Å². The molecule has 2 fully saturated rings. The van der Waals surface area contributed by atoms with Crippen molar-refractivity contribution in [1.29, 1.82) is 0 Å². The molecule has 0 amide bonds. The Labute approximate surface area is 110 Å². The van der Waals surface area contributed by atoms with E-state index in [0.29, 0.717) is 32.6 Å². The van der Waals surface area contributed by atoms with Gasteiger partial charge in [0.05, 0.1) is 24.4 Å². The van der Waals surface area contributed by atoms with Gasteiger partial charge in [-0.3, -0.25) is 0 Å². The predicted molar refractivity (Wildman–Crippen MR) is 70.4 cm³/mol. The van der Waals surface area contributed by atoms with Crippen LogP contribution in [0.4, 0.5) is 0 Å². The Balaban J connectivity index is 2.22. The lowest BCUT2D eigenvalue weighted by atomic mass is 9.62. The van der Waals surface area contributed by atoms with Crippen molar-refractivity contribution in [3.63, 3.8) is 0 Å². The Bertz CT molecular complexity index is 291. The lowest BCUT2D eigenvalue weighted by Gasteiger charge is -2.54. The summed E-state index contributed by atoms with van der Waals surface area (Å²) in [5.41, 5.74) is 4.74. The second-order valence-corrected chi connectivity index (χ2v) is 6.25. The molecular weight excluding hydrogens is 230 g/mol. The zero-order valence-corrected chi connectivity index (χ0v) is 11.7. The van der Waals surface area contributed by atoms with Crippen LogP contribution in [0.5, 0.6) is 0 Å². The highest BCUT2D eigenvalue weighted by atomic mass is 16.5. The first-order valence-electron chi connectivity index (χ1n) is 7.13. The summed E-state index contributed by atoms with van der Waals surface area (Å²) in [7, 11) is 0. The molecule has 3 N–H and O–H groups in total. The van der Waals surface area contributed by atoms with Gasteiger partial charge >= 0.3 is 0 Å². The van der Waals surface area contributed by atoms with Gasteiger partial charge in [0.1, 0.15) is 0 Å². The van der Waals surface area contributed by atoms with Gasteiger partial charge < -0.3 is 20.3 Å². The third kappa shape index (κ3) is 2.31. The summed E-state index contributed by atoms with van der Waals surface area (Å²) in [5.74, 6) is 0. The first-order chi connectivity index (χ1) is 8.49. The molecule has 3 unspecified atom stereocenters. The monoisotopic (exact) mass is 257 g/mol. The molecule has 4 heteroatoms. The Hall–Kier alpha value is -0.160. The topological polar surface area (TPSA) is 64.7 Å². The lowest BCUT2D eigenvalue weighted by molar-refractivity contribution is -0.221. The molecule has 0 aromatic carbocycles. The minimum atomic E-state index is -0.745. The van der Waals surface area contributed by atoms with Gasteiger partial charge in [0, 0.05) is 31.4 Å². The van der Waals surface area contributed by atoms with Gasteiger partial charge in [-0.05, 0) is 26.2 Å². The molecule has 2 heterocycles. The number of hydrogen-bond acceptors (Lipinski definition) is 4. The van der Waals surface area contributed by atoms with Crippen LogP contribution >= 0.6 is 0 Å². The van der Waals surface area contributed by atoms with Crippen molar-refractivity contribution in [3.05, 3.63) is 0 Å². The second kappa shape index (κ2) is 5.08. The fourth-order valence-corrected chi connectivity index (χ4v) is 3.47. The van der Waals surface area contributed by atoms with Crippen LogP contribution in [-0.2, 0) is 9.47 Å². The van der Waals surface area contributed by atoms with Crippen molar-refractivity contribution in [2.24, 2.45) is 11.1 Å². The maximum absolute atomic E-state index is 11.2. The van der Waals surface area contributed by atoms with Gasteiger partial charge in [0.15, 0.2) is 0 Å². The molecule has 3 atom stereocenters. The molecule has 2 rings (SSSR count). The van der Waals surface area contributed by atoms with Crippen LogP contribution in [0.1, 0.15) is 46.0 Å². The zero-order chi connectivity index (χ0) is 13.3. The SMILES string of the molecule is CCC1(C)CC(O)(C2(CN)CCCOC2)CCO1. The molecule has 2 saturated heterocycles. The van der Waals surface area contributed by atoms with E-state index >= 15 is 0 Å². The smallest absolute Gasteiger partial charge is 0.0787 e. The highest BCUT2D eigenvalue weighted by molar-refractivity contribution is 5.05. The van der Waals surface area contributed by atoms with E-state index in [9.17, 15) is 5.11 Å². The lowest BCUT2D eigenvalue weighted by Crippen LogP contribution is -2.62. The van der Waals surface area contributed by atoms with E-state index in [1.807, 2.05) is 0 Å².